The highest BCUT2D eigenvalue weighted by Gasteiger charge is 2.41. The number of pyridine rings is 1. The van der Waals surface area contributed by atoms with E-state index >= 15 is 0 Å². The van der Waals surface area contributed by atoms with Crippen molar-refractivity contribution in [3.05, 3.63) is 17.8 Å². The Morgan fingerprint density at radius 1 is 1.21 bits per heavy atom. The molecule has 1 aromatic heterocycles. The number of aryl methyl sites for hydroxylation is 1. The Kier molecular flexibility index (Phi) is 2.68. The van der Waals surface area contributed by atoms with Crippen molar-refractivity contribution in [1.82, 2.24) is 4.98 Å². The molecule has 1 saturated carbocycles. The van der Waals surface area contributed by atoms with Crippen molar-refractivity contribution < 1.29 is 0 Å². The normalized spacial score (nSPS) is 32.9. The molecule has 1 aromatic rings. The van der Waals surface area contributed by atoms with E-state index in [2.05, 4.69) is 23.2 Å². The zero-order valence-electron chi connectivity index (χ0n) is 11.7. The molecule has 0 amide bonds. The predicted molar refractivity (Wildman–Crippen MR) is 78.7 cm³/mol. The number of rotatable bonds is 0. The lowest BCUT2D eigenvalue weighted by Crippen LogP contribution is -2.57. The molecule has 1 saturated heterocycles. The van der Waals surface area contributed by atoms with Crippen LogP contribution in [0.1, 0.15) is 44.1 Å². The van der Waals surface area contributed by atoms with Crippen LogP contribution in [0.2, 0.25) is 0 Å². The van der Waals surface area contributed by atoms with Crippen LogP contribution in [-0.2, 0) is 0 Å². The van der Waals surface area contributed by atoms with Gasteiger partial charge in [-0.1, -0.05) is 12.8 Å². The van der Waals surface area contributed by atoms with Gasteiger partial charge in [0.2, 0.25) is 0 Å². The summed E-state index contributed by atoms with van der Waals surface area (Å²) in [6, 6.07) is 3.54. The number of hydrogen-bond acceptors (Lipinski definition) is 3. The molecule has 1 aliphatic carbocycles. The molecular weight excluding hydrogens is 234 g/mol. The highest BCUT2D eigenvalue weighted by atomic mass is 15.3. The first-order valence-corrected chi connectivity index (χ1v) is 7.82. The number of anilines is 2. The van der Waals surface area contributed by atoms with Crippen molar-refractivity contribution in [3.8, 4) is 0 Å². The number of piperidine rings is 1. The van der Waals surface area contributed by atoms with Gasteiger partial charge in [-0.25, -0.2) is 4.98 Å². The fourth-order valence-corrected chi connectivity index (χ4v) is 4.42. The van der Waals surface area contributed by atoms with E-state index in [1.807, 2.05) is 6.20 Å². The molecule has 2 aliphatic heterocycles. The van der Waals surface area contributed by atoms with Gasteiger partial charge in [-0.15, -0.1) is 0 Å². The smallest absolute Gasteiger partial charge is 0.152 e. The van der Waals surface area contributed by atoms with E-state index in [0.717, 1.165) is 18.5 Å². The monoisotopic (exact) mass is 257 g/mol. The van der Waals surface area contributed by atoms with Crippen LogP contribution < -0.4 is 10.2 Å². The van der Waals surface area contributed by atoms with Crippen molar-refractivity contribution in [2.75, 3.05) is 16.8 Å². The van der Waals surface area contributed by atoms with E-state index in [1.54, 1.807) is 0 Å². The van der Waals surface area contributed by atoms with Gasteiger partial charge in [0.1, 0.15) is 0 Å². The van der Waals surface area contributed by atoms with Gasteiger partial charge in [-0.2, -0.15) is 0 Å². The second kappa shape index (κ2) is 4.39. The third-order valence-electron chi connectivity index (χ3n) is 5.39. The Bertz CT molecular complexity index is 485. The molecule has 0 spiro atoms. The van der Waals surface area contributed by atoms with Gasteiger partial charge in [0.25, 0.3) is 0 Å². The van der Waals surface area contributed by atoms with Crippen LogP contribution in [0.25, 0.3) is 0 Å². The van der Waals surface area contributed by atoms with Crippen LogP contribution in [0.3, 0.4) is 0 Å². The summed E-state index contributed by atoms with van der Waals surface area (Å²) in [5.41, 5.74) is 2.62. The summed E-state index contributed by atoms with van der Waals surface area (Å²) in [4.78, 5) is 7.41. The predicted octanol–water partition coefficient (Wildman–Crippen LogP) is 3.34. The quantitative estimate of drug-likeness (QED) is 0.772. The average molecular weight is 257 g/mol. The average Bonchev–Trinajstić information content (AvgIpc) is 2.47. The van der Waals surface area contributed by atoms with Gasteiger partial charge >= 0.3 is 0 Å². The zero-order valence-corrected chi connectivity index (χ0v) is 11.7. The first kappa shape index (κ1) is 11.6. The first-order chi connectivity index (χ1) is 9.34. The lowest BCUT2D eigenvalue weighted by Gasteiger charge is -2.52. The minimum atomic E-state index is 0.668. The van der Waals surface area contributed by atoms with Crippen molar-refractivity contribution in [2.45, 2.75) is 57.5 Å². The van der Waals surface area contributed by atoms with Gasteiger partial charge < -0.3 is 10.2 Å². The van der Waals surface area contributed by atoms with E-state index in [1.165, 1.54) is 55.6 Å². The number of fused-ring (bicyclic) bond motifs is 5. The second-order valence-electron chi connectivity index (χ2n) is 6.46. The summed E-state index contributed by atoms with van der Waals surface area (Å²) in [7, 11) is 0. The van der Waals surface area contributed by atoms with E-state index < -0.39 is 0 Å². The fourth-order valence-electron chi connectivity index (χ4n) is 4.42. The maximum atomic E-state index is 4.72. The van der Waals surface area contributed by atoms with Crippen LogP contribution in [0, 0.1) is 12.8 Å². The standard InChI is InChI=1S/C16H23N3/c1-11-8-9-17-16-15(11)18-10-13-7-6-12-4-2-3-5-14(12)19(13)16/h8-9,12-14,18H,2-7,10H2,1H3. The molecule has 3 unspecified atom stereocenters. The molecule has 3 nitrogen and oxygen atoms in total. The molecule has 3 atom stereocenters. The van der Waals surface area contributed by atoms with Gasteiger partial charge in [0.05, 0.1) is 5.69 Å². The van der Waals surface area contributed by atoms with Gasteiger partial charge in [-0.3, -0.25) is 0 Å². The van der Waals surface area contributed by atoms with Crippen molar-refractivity contribution in [2.24, 2.45) is 5.92 Å². The molecule has 102 valence electrons. The largest absolute Gasteiger partial charge is 0.380 e. The first-order valence-electron chi connectivity index (χ1n) is 7.82. The van der Waals surface area contributed by atoms with Gasteiger partial charge in [0, 0.05) is 24.8 Å². The highest BCUT2D eigenvalue weighted by molar-refractivity contribution is 5.72. The Balaban J connectivity index is 1.76. The summed E-state index contributed by atoms with van der Waals surface area (Å²) < 4.78 is 0. The molecule has 1 N–H and O–H groups in total. The molecule has 3 heterocycles. The number of nitrogens with zero attached hydrogens (tertiary/aromatic N) is 2. The summed E-state index contributed by atoms with van der Waals surface area (Å²) in [5, 5.41) is 3.62. The maximum Gasteiger partial charge on any atom is 0.152 e. The van der Waals surface area contributed by atoms with E-state index in [9.17, 15) is 0 Å². The maximum absolute atomic E-state index is 4.72. The third kappa shape index (κ3) is 1.74. The molecule has 0 aromatic carbocycles. The zero-order chi connectivity index (χ0) is 12.8. The Labute approximate surface area is 115 Å². The number of aromatic nitrogens is 1. The molecule has 0 radical (unpaired) electrons. The molecular formula is C16H23N3. The van der Waals surface area contributed by atoms with Crippen LogP contribution in [0.4, 0.5) is 11.5 Å². The van der Waals surface area contributed by atoms with Crippen LogP contribution in [0.15, 0.2) is 12.3 Å². The minimum Gasteiger partial charge on any atom is -0.380 e. The Morgan fingerprint density at radius 2 is 2.11 bits per heavy atom. The van der Waals surface area contributed by atoms with Gasteiger partial charge in [0.15, 0.2) is 5.82 Å². The Hall–Kier alpha value is -1.25. The minimum absolute atomic E-state index is 0.668. The molecule has 0 bridgehead atoms. The lowest BCUT2D eigenvalue weighted by molar-refractivity contribution is 0.214. The highest BCUT2D eigenvalue weighted by Crippen LogP contribution is 2.44. The summed E-state index contributed by atoms with van der Waals surface area (Å²) in [5.74, 6) is 2.14. The van der Waals surface area contributed by atoms with E-state index in [-0.39, 0.29) is 0 Å². The lowest BCUT2D eigenvalue weighted by atomic mass is 9.75. The number of nitrogens with one attached hydrogen (secondary N) is 1. The SMILES string of the molecule is Cc1ccnc2c1NCC1CCC3CCCCC3N21. The van der Waals surface area contributed by atoms with Crippen LogP contribution in [0.5, 0.6) is 0 Å². The third-order valence-corrected chi connectivity index (χ3v) is 5.39. The summed E-state index contributed by atoms with van der Waals surface area (Å²) in [6.45, 7) is 3.29. The van der Waals surface area contributed by atoms with Gasteiger partial charge in [-0.05, 0) is 50.2 Å². The fraction of sp³-hybridized carbons (Fsp3) is 0.688. The topological polar surface area (TPSA) is 28.2 Å². The summed E-state index contributed by atoms with van der Waals surface area (Å²) >= 11 is 0. The molecule has 3 aliphatic rings. The van der Waals surface area contributed by atoms with Crippen LogP contribution in [-0.4, -0.2) is 23.6 Å². The van der Waals surface area contributed by atoms with Crippen LogP contribution >= 0.6 is 0 Å². The van der Waals surface area contributed by atoms with Crippen molar-refractivity contribution in [1.29, 1.82) is 0 Å². The number of hydrogen-bond donors (Lipinski definition) is 1. The molecule has 2 fully saturated rings. The summed E-state index contributed by atoms with van der Waals surface area (Å²) in [6.07, 6.45) is 10.4. The van der Waals surface area contributed by atoms with Crippen molar-refractivity contribution in [3.63, 3.8) is 0 Å². The van der Waals surface area contributed by atoms with E-state index in [4.69, 9.17) is 4.98 Å². The van der Waals surface area contributed by atoms with E-state index in [0.29, 0.717) is 6.04 Å². The second-order valence-corrected chi connectivity index (χ2v) is 6.46. The molecule has 4 rings (SSSR count). The Morgan fingerprint density at radius 3 is 3.05 bits per heavy atom. The molecule has 19 heavy (non-hydrogen) atoms. The van der Waals surface area contributed by atoms with Crippen molar-refractivity contribution >= 4 is 11.5 Å². The molecule has 3 heteroatoms.